The number of anilines is 3. The molecule has 130 valence electrons. The van der Waals surface area contributed by atoms with Crippen molar-refractivity contribution in [2.75, 3.05) is 28.2 Å². The number of piperidine rings is 1. The number of fused-ring (bicyclic) bond motifs is 1. The highest BCUT2D eigenvalue weighted by molar-refractivity contribution is 6.02. The van der Waals surface area contributed by atoms with Gasteiger partial charge in [-0.2, -0.15) is 4.98 Å². The molecule has 1 atom stereocenters. The average molecular weight is 329 g/mol. The van der Waals surface area contributed by atoms with Crippen LogP contribution in [0.15, 0.2) is 6.20 Å². The lowest BCUT2D eigenvalue weighted by Gasteiger charge is -2.41. The first kappa shape index (κ1) is 15.7. The molecule has 1 N–H and O–H groups in total. The number of hydrogen-bond donors (Lipinski definition) is 1. The second-order valence-corrected chi connectivity index (χ2v) is 7.21. The summed E-state index contributed by atoms with van der Waals surface area (Å²) in [5, 5.41) is 3.02. The fraction of sp³-hybridized carbons (Fsp3) is 0.722. The summed E-state index contributed by atoms with van der Waals surface area (Å²) in [5.41, 5.74) is 0.775. The third kappa shape index (κ3) is 2.72. The zero-order valence-electron chi connectivity index (χ0n) is 14.5. The van der Waals surface area contributed by atoms with Gasteiger partial charge in [0.15, 0.2) is 5.82 Å². The van der Waals surface area contributed by atoms with Crippen molar-refractivity contribution in [2.45, 2.75) is 70.4 Å². The summed E-state index contributed by atoms with van der Waals surface area (Å²) in [7, 11) is 0. The third-order valence-corrected chi connectivity index (χ3v) is 5.64. The lowest BCUT2D eigenvalue weighted by molar-refractivity contribution is -0.117. The van der Waals surface area contributed by atoms with Gasteiger partial charge in [0.05, 0.1) is 6.20 Å². The summed E-state index contributed by atoms with van der Waals surface area (Å²) in [6, 6.07) is 0.327. The zero-order valence-corrected chi connectivity index (χ0v) is 14.5. The van der Waals surface area contributed by atoms with Crippen LogP contribution in [0.3, 0.4) is 0 Å². The maximum atomic E-state index is 12.5. The molecular formula is C18H27N5O. The van der Waals surface area contributed by atoms with Gasteiger partial charge in [0, 0.05) is 19.1 Å². The minimum Gasteiger partial charge on any atom is -0.341 e. The largest absolute Gasteiger partial charge is 0.341 e. The molecule has 2 fully saturated rings. The molecule has 3 heterocycles. The van der Waals surface area contributed by atoms with Crippen LogP contribution >= 0.6 is 0 Å². The van der Waals surface area contributed by atoms with Gasteiger partial charge < -0.3 is 15.1 Å². The van der Waals surface area contributed by atoms with Crippen LogP contribution in [0.25, 0.3) is 0 Å². The van der Waals surface area contributed by atoms with Gasteiger partial charge in [-0.3, -0.25) is 4.79 Å². The Hall–Kier alpha value is -1.85. The second-order valence-electron chi connectivity index (χ2n) is 7.21. The van der Waals surface area contributed by atoms with E-state index in [1.807, 2.05) is 0 Å². The predicted octanol–water partition coefficient (Wildman–Crippen LogP) is 2.95. The highest BCUT2D eigenvalue weighted by Crippen LogP contribution is 2.38. The molecule has 6 heteroatoms. The lowest BCUT2D eigenvalue weighted by atomic mass is 10.0. The van der Waals surface area contributed by atoms with Gasteiger partial charge in [0.2, 0.25) is 11.9 Å². The summed E-state index contributed by atoms with van der Waals surface area (Å²) in [6.45, 7) is 4.15. The Balaban J connectivity index is 1.71. The summed E-state index contributed by atoms with van der Waals surface area (Å²) in [4.78, 5) is 26.6. The Labute approximate surface area is 143 Å². The number of amides is 1. The van der Waals surface area contributed by atoms with Gasteiger partial charge in [-0.15, -0.1) is 0 Å². The first-order valence-electron chi connectivity index (χ1n) is 9.49. The number of hydrogen-bond acceptors (Lipinski definition) is 5. The van der Waals surface area contributed by atoms with E-state index in [2.05, 4.69) is 27.0 Å². The smallest absolute Gasteiger partial charge is 0.247 e. The maximum absolute atomic E-state index is 12.5. The molecule has 0 spiro atoms. The normalized spacial score (nSPS) is 24.9. The molecule has 3 aliphatic rings. The number of carbonyl (C=O) groups is 1. The number of aromatic nitrogens is 2. The molecule has 1 saturated carbocycles. The van der Waals surface area contributed by atoms with Crippen molar-refractivity contribution in [3.05, 3.63) is 6.20 Å². The molecule has 1 amide bonds. The quantitative estimate of drug-likeness (QED) is 0.924. The molecule has 1 unspecified atom stereocenters. The Bertz CT molecular complexity index is 607. The van der Waals surface area contributed by atoms with Crippen LogP contribution in [-0.4, -0.2) is 41.0 Å². The SMILES string of the molecule is CCC1C(=O)Nc2cnc(N3CCCCC3)nc2N1C1CCCC1. The minimum absolute atomic E-state index is 0.0891. The molecule has 2 aliphatic heterocycles. The van der Waals surface area contributed by atoms with Crippen molar-refractivity contribution in [3.8, 4) is 0 Å². The van der Waals surface area contributed by atoms with Crippen molar-refractivity contribution in [1.29, 1.82) is 0 Å². The molecule has 0 aromatic carbocycles. The molecule has 1 aliphatic carbocycles. The van der Waals surface area contributed by atoms with Crippen molar-refractivity contribution in [2.24, 2.45) is 0 Å². The molecule has 24 heavy (non-hydrogen) atoms. The molecule has 1 aromatic heterocycles. The molecule has 0 radical (unpaired) electrons. The van der Waals surface area contributed by atoms with Crippen LogP contribution in [0.4, 0.5) is 17.5 Å². The van der Waals surface area contributed by atoms with Crippen LogP contribution in [-0.2, 0) is 4.79 Å². The lowest BCUT2D eigenvalue weighted by Crippen LogP contribution is -2.52. The van der Waals surface area contributed by atoms with Gasteiger partial charge >= 0.3 is 0 Å². The molecule has 6 nitrogen and oxygen atoms in total. The number of nitrogens with zero attached hydrogens (tertiary/aromatic N) is 4. The molecule has 1 saturated heterocycles. The highest BCUT2D eigenvalue weighted by atomic mass is 16.2. The number of nitrogens with one attached hydrogen (secondary N) is 1. The van der Waals surface area contributed by atoms with Gasteiger partial charge in [-0.05, 0) is 38.5 Å². The fourth-order valence-corrected chi connectivity index (χ4v) is 4.38. The van der Waals surface area contributed by atoms with Gasteiger partial charge in [-0.1, -0.05) is 19.8 Å². The average Bonchev–Trinajstić information content (AvgIpc) is 3.15. The van der Waals surface area contributed by atoms with E-state index in [1.165, 1.54) is 32.1 Å². The number of rotatable bonds is 3. The van der Waals surface area contributed by atoms with E-state index in [1.54, 1.807) is 6.20 Å². The first-order valence-corrected chi connectivity index (χ1v) is 9.49. The van der Waals surface area contributed by atoms with Crippen molar-refractivity contribution >= 4 is 23.4 Å². The van der Waals surface area contributed by atoms with Crippen LogP contribution < -0.4 is 15.1 Å². The van der Waals surface area contributed by atoms with Crippen LogP contribution in [0.1, 0.15) is 58.3 Å². The Morgan fingerprint density at radius 1 is 1.17 bits per heavy atom. The Kier molecular flexibility index (Phi) is 4.29. The van der Waals surface area contributed by atoms with E-state index < -0.39 is 0 Å². The molecule has 1 aromatic rings. The molecule has 4 rings (SSSR count). The standard InChI is InChI=1S/C18H27N5O/c1-2-15-17(24)20-14-12-19-18(22-10-6-3-7-11-22)21-16(14)23(15)13-8-4-5-9-13/h12-13,15H,2-11H2,1H3,(H,20,24). The monoisotopic (exact) mass is 329 g/mol. The Morgan fingerprint density at radius 2 is 1.92 bits per heavy atom. The van der Waals surface area contributed by atoms with Crippen molar-refractivity contribution in [3.63, 3.8) is 0 Å². The topological polar surface area (TPSA) is 61.4 Å². The Morgan fingerprint density at radius 3 is 2.62 bits per heavy atom. The molecule has 0 bridgehead atoms. The van der Waals surface area contributed by atoms with Crippen molar-refractivity contribution < 1.29 is 4.79 Å². The zero-order chi connectivity index (χ0) is 16.5. The van der Waals surface area contributed by atoms with E-state index >= 15 is 0 Å². The minimum atomic E-state index is -0.107. The predicted molar refractivity (Wildman–Crippen MR) is 95.5 cm³/mol. The van der Waals surface area contributed by atoms with Crippen LogP contribution in [0.2, 0.25) is 0 Å². The van der Waals surface area contributed by atoms with Crippen molar-refractivity contribution in [1.82, 2.24) is 9.97 Å². The van der Waals surface area contributed by atoms with Crippen LogP contribution in [0, 0.1) is 0 Å². The van der Waals surface area contributed by atoms with Gasteiger partial charge in [-0.25, -0.2) is 4.98 Å². The third-order valence-electron chi connectivity index (χ3n) is 5.64. The van der Waals surface area contributed by atoms with E-state index in [-0.39, 0.29) is 11.9 Å². The van der Waals surface area contributed by atoms with Crippen LogP contribution in [0.5, 0.6) is 0 Å². The highest BCUT2D eigenvalue weighted by Gasteiger charge is 2.38. The van der Waals surface area contributed by atoms with E-state index in [0.29, 0.717) is 6.04 Å². The van der Waals surface area contributed by atoms with E-state index in [4.69, 9.17) is 4.98 Å². The summed E-state index contributed by atoms with van der Waals surface area (Å²) >= 11 is 0. The second kappa shape index (κ2) is 6.57. The van der Waals surface area contributed by atoms with Gasteiger partial charge in [0.1, 0.15) is 11.7 Å². The summed E-state index contributed by atoms with van der Waals surface area (Å²) < 4.78 is 0. The number of carbonyl (C=O) groups excluding carboxylic acids is 1. The summed E-state index contributed by atoms with van der Waals surface area (Å²) in [6.07, 6.45) is 11.1. The maximum Gasteiger partial charge on any atom is 0.247 e. The van der Waals surface area contributed by atoms with E-state index in [0.717, 1.165) is 49.8 Å². The molecular weight excluding hydrogens is 302 g/mol. The first-order chi connectivity index (χ1) is 11.8. The van der Waals surface area contributed by atoms with Gasteiger partial charge in [0.25, 0.3) is 0 Å². The van der Waals surface area contributed by atoms with E-state index in [9.17, 15) is 4.79 Å². The summed E-state index contributed by atoms with van der Waals surface area (Å²) in [5.74, 6) is 1.84. The fourth-order valence-electron chi connectivity index (χ4n) is 4.38.